The summed E-state index contributed by atoms with van der Waals surface area (Å²) in [5.74, 6) is 4.00. The number of fused-ring (bicyclic) bond motifs is 1. The Hall–Kier alpha value is -0.190. The molecule has 4 heteroatoms. The second kappa shape index (κ2) is 4.82. The van der Waals surface area contributed by atoms with E-state index in [0.717, 1.165) is 35.4 Å². The van der Waals surface area contributed by atoms with Crippen LogP contribution >= 0.6 is 27.7 Å². The molecule has 0 saturated carbocycles. The molecule has 3 rings (SSSR count). The van der Waals surface area contributed by atoms with E-state index in [4.69, 9.17) is 10.5 Å². The molecule has 1 saturated heterocycles. The van der Waals surface area contributed by atoms with Gasteiger partial charge in [0, 0.05) is 22.7 Å². The number of nitrogens with two attached hydrogens (primary N) is 1. The van der Waals surface area contributed by atoms with Crippen LogP contribution in [0.1, 0.15) is 11.1 Å². The number of halogens is 1. The molecule has 2 aliphatic heterocycles. The van der Waals surface area contributed by atoms with Crippen molar-refractivity contribution in [2.45, 2.75) is 18.9 Å². The molecule has 1 aromatic rings. The maximum atomic E-state index is 6.14. The molecule has 0 bridgehead atoms. The number of hydrogen-bond donors (Lipinski definition) is 1. The highest BCUT2D eigenvalue weighted by molar-refractivity contribution is 9.10. The molecule has 2 unspecified atom stereocenters. The van der Waals surface area contributed by atoms with E-state index >= 15 is 0 Å². The summed E-state index contributed by atoms with van der Waals surface area (Å²) >= 11 is 5.56. The molecule has 17 heavy (non-hydrogen) atoms. The summed E-state index contributed by atoms with van der Waals surface area (Å²) in [6.07, 6.45) is 2.09. The fraction of sp³-hybridized carbons (Fsp3) is 0.538. The van der Waals surface area contributed by atoms with Crippen molar-refractivity contribution in [3.05, 3.63) is 27.7 Å². The Balaban J connectivity index is 1.87. The van der Waals surface area contributed by atoms with Crippen LogP contribution < -0.4 is 10.5 Å². The summed E-state index contributed by atoms with van der Waals surface area (Å²) in [5.41, 5.74) is 8.81. The molecule has 1 aromatic carbocycles. The highest BCUT2D eigenvalue weighted by atomic mass is 79.9. The Morgan fingerprint density at radius 1 is 1.41 bits per heavy atom. The maximum Gasteiger partial charge on any atom is 0.125 e. The Morgan fingerprint density at radius 3 is 3.06 bits per heavy atom. The number of benzene rings is 1. The van der Waals surface area contributed by atoms with Crippen LogP contribution in [0.3, 0.4) is 0 Å². The van der Waals surface area contributed by atoms with E-state index in [0.29, 0.717) is 12.0 Å². The first-order chi connectivity index (χ1) is 8.24. The minimum Gasteiger partial charge on any atom is -0.493 e. The third-order valence-corrected chi connectivity index (χ3v) is 5.30. The molecule has 0 spiro atoms. The fourth-order valence-electron chi connectivity index (χ4n) is 2.61. The van der Waals surface area contributed by atoms with E-state index in [9.17, 15) is 0 Å². The predicted molar refractivity (Wildman–Crippen MR) is 75.8 cm³/mol. The highest BCUT2D eigenvalue weighted by Crippen LogP contribution is 2.36. The monoisotopic (exact) mass is 313 g/mol. The third kappa shape index (κ3) is 2.35. The lowest BCUT2D eigenvalue weighted by atomic mass is 9.94. The number of hydrogen-bond acceptors (Lipinski definition) is 3. The second-order valence-corrected chi connectivity index (χ2v) is 6.81. The van der Waals surface area contributed by atoms with Gasteiger partial charge in [0.25, 0.3) is 0 Å². The lowest BCUT2D eigenvalue weighted by Gasteiger charge is -2.16. The van der Waals surface area contributed by atoms with Gasteiger partial charge in [-0.15, -0.1) is 0 Å². The fourth-order valence-corrected chi connectivity index (χ4v) is 4.51. The molecule has 2 nitrogen and oxygen atoms in total. The highest BCUT2D eigenvalue weighted by Gasteiger charge is 2.27. The summed E-state index contributed by atoms with van der Waals surface area (Å²) in [6, 6.07) is 4.71. The van der Waals surface area contributed by atoms with Crippen LogP contribution in [-0.4, -0.2) is 24.2 Å². The molecule has 92 valence electrons. The van der Waals surface area contributed by atoms with Gasteiger partial charge in [-0.25, -0.2) is 0 Å². The molecule has 0 radical (unpaired) electrons. The van der Waals surface area contributed by atoms with E-state index in [1.165, 1.54) is 16.9 Å². The first-order valence-electron chi connectivity index (χ1n) is 6.01. The van der Waals surface area contributed by atoms with Gasteiger partial charge < -0.3 is 10.5 Å². The zero-order valence-corrected chi connectivity index (χ0v) is 12.0. The van der Waals surface area contributed by atoms with Crippen LogP contribution in [0.2, 0.25) is 0 Å². The van der Waals surface area contributed by atoms with E-state index in [1.54, 1.807) is 0 Å². The molecule has 2 atom stereocenters. The number of ether oxygens (including phenoxy) is 1. The maximum absolute atomic E-state index is 6.14. The van der Waals surface area contributed by atoms with Crippen LogP contribution in [-0.2, 0) is 12.8 Å². The topological polar surface area (TPSA) is 35.2 Å². The summed E-state index contributed by atoms with van der Waals surface area (Å²) in [4.78, 5) is 0. The molecule has 2 N–H and O–H groups in total. The molecule has 0 aliphatic carbocycles. The van der Waals surface area contributed by atoms with Gasteiger partial charge in [-0.1, -0.05) is 15.9 Å². The first-order valence-corrected chi connectivity index (χ1v) is 7.96. The Kier molecular flexibility index (Phi) is 3.37. The van der Waals surface area contributed by atoms with Gasteiger partial charge in [0.2, 0.25) is 0 Å². The van der Waals surface area contributed by atoms with Crippen LogP contribution in [0.5, 0.6) is 5.75 Å². The van der Waals surface area contributed by atoms with Gasteiger partial charge >= 0.3 is 0 Å². The quantitative estimate of drug-likeness (QED) is 0.911. The third-order valence-electron chi connectivity index (χ3n) is 3.56. The van der Waals surface area contributed by atoms with Crippen LogP contribution in [0.25, 0.3) is 0 Å². The van der Waals surface area contributed by atoms with Crippen molar-refractivity contribution in [2.75, 3.05) is 18.1 Å². The Labute approximate surface area is 114 Å². The first kappa shape index (κ1) is 11.9. The summed E-state index contributed by atoms with van der Waals surface area (Å²) in [6.45, 7) is 0.824. The van der Waals surface area contributed by atoms with Crippen LogP contribution in [0, 0.1) is 5.92 Å². The van der Waals surface area contributed by atoms with Crippen molar-refractivity contribution in [3.63, 3.8) is 0 Å². The van der Waals surface area contributed by atoms with Gasteiger partial charge in [0.05, 0.1) is 6.61 Å². The van der Waals surface area contributed by atoms with Gasteiger partial charge in [-0.3, -0.25) is 0 Å². The van der Waals surface area contributed by atoms with Gasteiger partial charge in [-0.05, 0) is 41.4 Å². The van der Waals surface area contributed by atoms with Crippen LogP contribution in [0.15, 0.2) is 16.6 Å². The number of thioether (sulfide) groups is 1. The molecule has 0 aromatic heterocycles. The molecule has 2 heterocycles. The summed E-state index contributed by atoms with van der Waals surface area (Å²) in [5, 5.41) is 0. The van der Waals surface area contributed by atoms with E-state index < -0.39 is 0 Å². The van der Waals surface area contributed by atoms with Crippen molar-refractivity contribution in [1.29, 1.82) is 0 Å². The van der Waals surface area contributed by atoms with E-state index in [1.807, 2.05) is 11.8 Å². The van der Waals surface area contributed by atoms with Crippen molar-refractivity contribution in [3.8, 4) is 5.75 Å². The van der Waals surface area contributed by atoms with Gasteiger partial charge in [-0.2, -0.15) is 11.8 Å². The minimum atomic E-state index is 0.344. The average molecular weight is 314 g/mol. The lowest BCUT2D eigenvalue weighted by molar-refractivity contribution is 0.350. The smallest absolute Gasteiger partial charge is 0.125 e. The normalized spacial score (nSPS) is 26.9. The predicted octanol–water partition coefficient (Wildman–Crippen LogP) is 2.62. The molecular formula is C13H16BrNOS. The summed E-state index contributed by atoms with van der Waals surface area (Å²) in [7, 11) is 0. The van der Waals surface area contributed by atoms with Crippen LogP contribution in [0.4, 0.5) is 0 Å². The van der Waals surface area contributed by atoms with Crippen molar-refractivity contribution < 1.29 is 4.74 Å². The molecule has 2 aliphatic rings. The zero-order valence-electron chi connectivity index (χ0n) is 9.62. The number of rotatable bonds is 2. The molecular weight excluding hydrogens is 298 g/mol. The standard InChI is InChI=1S/C13H16BrNOS/c14-11-4-8-1-2-16-13(8)9(5-11)3-10-6-17-7-12(10)15/h4-5,10,12H,1-3,6-7,15H2. The van der Waals surface area contributed by atoms with E-state index in [-0.39, 0.29) is 0 Å². The lowest BCUT2D eigenvalue weighted by Crippen LogP contribution is -2.29. The zero-order chi connectivity index (χ0) is 11.8. The van der Waals surface area contributed by atoms with Gasteiger partial charge in [0.1, 0.15) is 5.75 Å². The van der Waals surface area contributed by atoms with Gasteiger partial charge in [0.15, 0.2) is 0 Å². The van der Waals surface area contributed by atoms with Crippen molar-refractivity contribution in [2.24, 2.45) is 11.7 Å². The van der Waals surface area contributed by atoms with Crippen molar-refractivity contribution >= 4 is 27.7 Å². The van der Waals surface area contributed by atoms with E-state index in [2.05, 4.69) is 28.1 Å². The molecule has 1 fully saturated rings. The van der Waals surface area contributed by atoms with Crippen molar-refractivity contribution in [1.82, 2.24) is 0 Å². The Bertz CT molecular complexity index is 438. The SMILES string of the molecule is NC1CSCC1Cc1cc(Br)cc2c1OCC2. The second-order valence-electron chi connectivity index (χ2n) is 4.82. The molecule has 0 amide bonds. The Morgan fingerprint density at radius 2 is 2.29 bits per heavy atom. The minimum absolute atomic E-state index is 0.344. The largest absolute Gasteiger partial charge is 0.493 e. The summed E-state index contributed by atoms with van der Waals surface area (Å²) < 4.78 is 6.92. The average Bonchev–Trinajstić information content (AvgIpc) is 2.88.